The van der Waals surface area contributed by atoms with Crippen LogP contribution in [-0.4, -0.2) is 16.2 Å². The maximum atomic E-state index is 13.1. The first kappa shape index (κ1) is 18.7. The Hall–Kier alpha value is -3.64. The van der Waals surface area contributed by atoms with Gasteiger partial charge in [-0.15, -0.1) is 0 Å². The van der Waals surface area contributed by atoms with Crippen molar-refractivity contribution in [3.63, 3.8) is 0 Å². The minimum absolute atomic E-state index is 0.0115. The predicted molar refractivity (Wildman–Crippen MR) is 111 cm³/mol. The lowest BCUT2D eigenvalue weighted by Crippen LogP contribution is -2.07. The summed E-state index contributed by atoms with van der Waals surface area (Å²) in [4.78, 5) is 15.7. The highest BCUT2D eigenvalue weighted by Crippen LogP contribution is 2.39. The zero-order valence-electron chi connectivity index (χ0n) is 14.9. The Morgan fingerprint density at radius 2 is 1.55 bits per heavy atom. The van der Waals surface area contributed by atoms with Gasteiger partial charge in [-0.3, -0.25) is 0 Å². The number of ether oxygens (including phenoxy) is 1. The summed E-state index contributed by atoms with van der Waals surface area (Å²) in [6.07, 6.45) is -1.48. The number of carbonyl (C=O) groups is 1. The Kier molecular flexibility index (Phi) is 4.78. The second-order valence-corrected chi connectivity index (χ2v) is 6.75. The normalized spacial score (nSPS) is 10.8. The molecule has 29 heavy (non-hydrogen) atoms. The molecule has 0 radical (unpaired) electrons. The Bertz CT molecular complexity index is 1230. The van der Waals surface area contributed by atoms with E-state index in [4.69, 9.17) is 27.2 Å². The van der Waals surface area contributed by atoms with Crippen molar-refractivity contribution in [3.05, 3.63) is 77.6 Å². The Balaban J connectivity index is 1.83. The first-order valence-corrected chi connectivity index (χ1v) is 8.96. The topological polar surface area (TPSA) is 85.4 Å². The third kappa shape index (κ3) is 3.70. The van der Waals surface area contributed by atoms with Gasteiger partial charge in [-0.2, -0.15) is 0 Å². The molecule has 4 aromatic rings. The molecule has 1 aromatic heterocycles. The lowest BCUT2D eigenvalue weighted by Gasteiger charge is -2.13. The number of halogens is 2. The molecule has 1 heterocycles. The van der Waals surface area contributed by atoms with Crippen molar-refractivity contribution in [2.24, 2.45) is 0 Å². The van der Waals surface area contributed by atoms with E-state index in [1.807, 2.05) is 24.3 Å². The van der Waals surface area contributed by atoms with Gasteiger partial charge in [0.2, 0.25) is 0 Å². The number of pyridine rings is 1. The van der Waals surface area contributed by atoms with Gasteiger partial charge in [-0.1, -0.05) is 48.0 Å². The molecule has 0 aliphatic heterocycles. The third-order valence-corrected chi connectivity index (χ3v) is 4.70. The molecule has 0 atom stereocenters. The van der Waals surface area contributed by atoms with E-state index in [0.717, 1.165) is 11.1 Å². The van der Waals surface area contributed by atoms with Crippen LogP contribution >= 0.6 is 11.6 Å². The molecule has 0 aliphatic rings. The first-order chi connectivity index (χ1) is 13.9. The molecule has 0 unspecified atom stereocenters. The predicted octanol–water partition coefficient (Wildman–Crippen LogP) is 6.00. The van der Waals surface area contributed by atoms with Crippen molar-refractivity contribution >= 4 is 34.3 Å². The van der Waals surface area contributed by atoms with Crippen LogP contribution in [0.2, 0.25) is 5.02 Å². The number of hydrogen-bond donors (Lipinski definition) is 2. The lowest BCUT2D eigenvalue weighted by atomic mass is 10.0. The number of nitrogen functional groups attached to an aromatic ring is 1. The van der Waals surface area contributed by atoms with Crippen molar-refractivity contribution < 1.29 is 19.0 Å². The van der Waals surface area contributed by atoms with Gasteiger partial charge in [0.25, 0.3) is 0 Å². The van der Waals surface area contributed by atoms with Crippen LogP contribution in [0.4, 0.5) is 14.9 Å². The standard InChI is InChI=1S/C22H14ClFN2O3/c23-15-7-10-18-17(11-15)21(29-22(27)28)19(25)20(26-18)14-3-1-12(2-4-14)13-5-8-16(24)9-6-13/h1-11H,25H2,(H,27,28). The van der Waals surface area contributed by atoms with E-state index in [0.29, 0.717) is 27.2 Å². The quantitative estimate of drug-likeness (QED) is 0.406. The molecular weight excluding hydrogens is 395 g/mol. The molecule has 0 bridgehead atoms. The van der Waals surface area contributed by atoms with Crippen LogP contribution < -0.4 is 10.5 Å². The lowest BCUT2D eigenvalue weighted by molar-refractivity contribution is 0.145. The Labute approximate surface area is 170 Å². The van der Waals surface area contributed by atoms with Gasteiger partial charge in [0.1, 0.15) is 11.5 Å². The van der Waals surface area contributed by atoms with E-state index in [2.05, 4.69) is 4.98 Å². The van der Waals surface area contributed by atoms with Gasteiger partial charge in [-0.05, 0) is 41.5 Å². The molecule has 0 saturated heterocycles. The molecule has 0 fully saturated rings. The number of nitrogens with zero attached hydrogens (tertiary/aromatic N) is 1. The van der Waals surface area contributed by atoms with Crippen molar-refractivity contribution in [1.82, 2.24) is 4.98 Å². The molecule has 144 valence electrons. The molecule has 0 aliphatic carbocycles. The van der Waals surface area contributed by atoms with E-state index in [9.17, 15) is 9.18 Å². The zero-order chi connectivity index (χ0) is 20.5. The van der Waals surface area contributed by atoms with Gasteiger partial charge in [0, 0.05) is 16.0 Å². The SMILES string of the molecule is Nc1c(-c2ccc(-c3ccc(F)cc3)cc2)nc2ccc(Cl)cc2c1OC(=O)O. The maximum absolute atomic E-state index is 13.1. The third-order valence-electron chi connectivity index (χ3n) is 4.46. The zero-order valence-corrected chi connectivity index (χ0v) is 15.7. The van der Waals surface area contributed by atoms with Crippen molar-refractivity contribution in [1.29, 1.82) is 0 Å². The fourth-order valence-electron chi connectivity index (χ4n) is 3.10. The number of nitrogens with two attached hydrogens (primary N) is 1. The van der Waals surface area contributed by atoms with E-state index in [-0.39, 0.29) is 17.3 Å². The maximum Gasteiger partial charge on any atom is 0.511 e. The second kappa shape index (κ2) is 7.41. The fraction of sp³-hybridized carbons (Fsp3) is 0. The summed E-state index contributed by atoms with van der Waals surface area (Å²) in [6, 6.07) is 18.4. The minimum atomic E-state index is -1.48. The van der Waals surface area contributed by atoms with Crippen molar-refractivity contribution in [2.45, 2.75) is 0 Å². The number of rotatable bonds is 3. The molecular formula is C22H14ClFN2O3. The largest absolute Gasteiger partial charge is 0.511 e. The van der Waals surface area contributed by atoms with E-state index in [1.165, 1.54) is 12.1 Å². The van der Waals surface area contributed by atoms with Crippen LogP contribution in [0.5, 0.6) is 5.75 Å². The van der Waals surface area contributed by atoms with Crippen LogP contribution in [-0.2, 0) is 0 Å². The van der Waals surface area contributed by atoms with E-state index < -0.39 is 6.16 Å². The van der Waals surface area contributed by atoms with Crippen LogP contribution in [0.1, 0.15) is 0 Å². The van der Waals surface area contributed by atoms with Crippen molar-refractivity contribution in [2.75, 3.05) is 5.73 Å². The second-order valence-electron chi connectivity index (χ2n) is 6.32. The number of aromatic nitrogens is 1. The molecule has 7 heteroatoms. The molecule has 0 amide bonds. The van der Waals surface area contributed by atoms with Crippen LogP contribution in [0.3, 0.4) is 0 Å². The van der Waals surface area contributed by atoms with E-state index >= 15 is 0 Å². The van der Waals surface area contributed by atoms with Gasteiger partial charge >= 0.3 is 6.16 Å². The van der Waals surface area contributed by atoms with Gasteiger partial charge < -0.3 is 15.6 Å². The summed E-state index contributed by atoms with van der Waals surface area (Å²) in [5.74, 6) is -0.313. The van der Waals surface area contributed by atoms with Gasteiger partial charge in [0.05, 0.1) is 11.2 Å². The number of anilines is 1. The monoisotopic (exact) mass is 408 g/mol. The van der Waals surface area contributed by atoms with Crippen LogP contribution in [0, 0.1) is 5.82 Å². The summed E-state index contributed by atoms with van der Waals surface area (Å²) in [6.45, 7) is 0. The number of benzene rings is 3. The smallest absolute Gasteiger partial charge is 0.449 e. The molecule has 3 N–H and O–H groups in total. The fourth-order valence-corrected chi connectivity index (χ4v) is 3.27. The van der Waals surface area contributed by atoms with Crippen LogP contribution in [0.15, 0.2) is 66.7 Å². The Morgan fingerprint density at radius 3 is 2.17 bits per heavy atom. The van der Waals surface area contributed by atoms with Gasteiger partial charge in [-0.25, -0.2) is 14.2 Å². The minimum Gasteiger partial charge on any atom is -0.449 e. The molecule has 5 nitrogen and oxygen atoms in total. The number of fused-ring (bicyclic) bond motifs is 1. The van der Waals surface area contributed by atoms with E-state index in [1.54, 1.807) is 30.3 Å². The summed E-state index contributed by atoms with van der Waals surface area (Å²) < 4.78 is 18.1. The Morgan fingerprint density at radius 1 is 0.966 bits per heavy atom. The number of carboxylic acid groups (broad SMARTS) is 1. The summed E-state index contributed by atoms with van der Waals surface area (Å²) in [7, 11) is 0. The van der Waals surface area contributed by atoms with Crippen LogP contribution in [0.25, 0.3) is 33.3 Å². The highest BCUT2D eigenvalue weighted by molar-refractivity contribution is 6.31. The molecule has 4 rings (SSSR count). The highest BCUT2D eigenvalue weighted by atomic mass is 35.5. The summed E-state index contributed by atoms with van der Waals surface area (Å²) in [5, 5.41) is 9.92. The van der Waals surface area contributed by atoms with Crippen molar-refractivity contribution in [3.8, 4) is 28.1 Å². The highest BCUT2D eigenvalue weighted by Gasteiger charge is 2.18. The summed E-state index contributed by atoms with van der Waals surface area (Å²) >= 11 is 6.03. The average Bonchev–Trinajstić information content (AvgIpc) is 2.71. The number of hydrogen-bond acceptors (Lipinski definition) is 4. The molecule has 0 saturated carbocycles. The summed E-state index contributed by atoms with van der Waals surface area (Å²) in [5.41, 5.74) is 9.63. The first-order valence-electron chi connectivity index (χ1n) is 8.58. The molecule has 0 spiro atoms. The van der Waals surface area contributed by atoms with Gasteiger partial charge in [0.15, 0.2) is 5.75 Å². The molecule has 3 aromatic carbocycles. The average molecular weight is 409 g/mol.